The van der Waals surface area contributed by atoms with Crippen molar-refractivity contribution in [2.75, 3.05) is 18.4 Å². The molecule has 2 rings (SSSR count). The van der Waals surface area contributed by atoms with E-state index < -0.39 is 0 Å². The zero-order valence-corrected chi connectivity index (χ0v) is 23.9. The molecule has 2 aromatic carbocycles. The average Bonchev–Trinajstić information content (AvgIpc) is 2.91. The molecule has 0 heterocycles. The summed E-state index contributed by atoms with van der Waals surface area (Å²) < 4.78 is 0. The van der Waals surface area contributed by atoms with Gasteiger partial charge in [-0.1, -0.05) is 39.0 Å². The predicted octanol–water partition coefficient (Wildman–Crippen LogP) is 8.37. The first-order valence-electron chi connectivity index (χ1n) is 13.2. The largest absolute Gasteiger partial charge is 0.384 e. The van der Waals surface area contributed by atoms with Gasteiger partial charge in [0.15, 0.2) is 0 Å². The van der Waals surface area contributed by atoms with E-state index in [4.69, 9.17) is 0 Å². The van der Waals surface area contributed by atoms with Gasteiger partial charge in [0.2, 0.25) is 0 Å². The van der Waals surface area contributed by atoms with Crippen molar-refractivity contribution >= 4 is 49.0 Å². The fourth-order valence-electron chi connectivity index (χ4n) is 4.09. The highest BCUT2D eigenvalue weighted by molar-refractivity contribution is 7.98. The molecule has 198 valence electrons. The number of aryl methyl sites for hydroxylation is 3. The highest BCUT2D eigenvalue weighted by Gasteiger charge is 2.13. The number of anilines is 1. The molecule has 0 radical (unpaired) electrons. The van der Waals surface area contributed by atoms with Gasteiger partial charge in [0.25, 0.3) is 0 Å². The third-order valence-electron chi connectivity index (χ3n) is 5.99. The minimum Gasteiger partial charge on any atom is -0.384 e. The van der Waals surface area contributed by atoms with Gasteiger partial charge in [-0.25, -0.2) is 0 Å². The number of rotatable bonds is 17. The summed E-state index contributed by atoms with van der Waals surface area (Å²) in [5, 5.41) is 7.03. The van der Waals surface area contributed by atoms with Crippen LogP contribution in [0.4, 0.5) is 17.1 Å². The number of allylic oxidation sites excluding steroid dienone is 2. The van der Waals surface area contributed by atoms with Gasteiger partial charge in [0.05, 0.1) is 22.8 Å². The summed E-state index contributed by atoms with van der Waals surface area (Å²) >= 11 is 1.81. The Morgan fingerprint density at radius 2 is 1.81 bits per heavy atom. The molecule has 0 aromatic heterocycles. The molecule has 0 amide bonds. The molecule has 0 atom stereocenters. The van der Waals surface area contributed by atoms with Crippen LogP contribution >= 0.6 is 11.8 Å². The molecule has 0 fully saturated rings. The van der Waals surface area contributed by atoms with Crippen LogP contribution in [0.5, 0.6) is 0 Å². The molecular weight excluding hydrogens is 474 g/mol. The molecular formula is C31H43N5S. The number of thioether (sulfide) groups is 1. The Balaban J connectivity index is 2.20. The van der Waals surface area contributed by atoms with Crippen molar-refractivity contribution in [1.29, 1.82) is 0 Å². The minimum absolute atomic E-state index is 0.821. The lowest BCUT2D eigenvalue weighted by Gasteiger charge is -2.17. The van der Waals surface area contributed by atoms with Crippen LogP contribution in [0.3, 0.4) is 0 Å². The molecule has 5 nitrogen and oxygen atoms in total. The second-order valence-corrected chi connectivity index (χ2v) is 9.92. The lowest BCUT2D eigenvalue weighted by atomic mass is 10.1. The summed E-state index contributed by atoms with van der Waals surface area (Å²) in [6.45, 7) is 21.6. The number of hydrogen-bond acceptors (Lipinski definition) is 6. The number of aliphatic imine (C=N–C) groups is 3. The second kappa shape index (κ2) is 16.6. The Morgan fingerprint density at radius 1 is 1.00 bits per heavy atom. The van der Waals surface area contributed by atoms with E-state index in [2.05, 4.69) is 110 Å². The van der Waals surface area contributed by atoms with E-state index in [0.29, 0.717) is 0 Å². The van der Waals surface area contributed by atoms with E-state index in [-0.39, 0.29) is 0 Å². The van der Waals surface area contributed by atoms with Crippen molar-refractivity contribution in [2.24, 2.45) is 15.0 Å². The maximum absolute atomic E-state index is 4.37. The summed E-state index contributed by atoms with van der Waals surface area (Å²) in [4.78, 5) is 13.8. The van der Waals surface area contributed by atoms with Gasteiger partial charge < -0.3 is 10.6 Å². The molecule has 0 bridgehead atoms. The van der Waals surface area contributed by atoms with Gasteiger partial charge in [-0.05, 0) is 99.6 Å². The van der Waals surface area contributed by atoms with Crippen molar-refractivity contribution in [3.05, 3.63) is 70.6 Å². The lowest BCUT2D eigenvalue weighted by Crippen LogP contribution is -2.14. The molecule has 2 N–H and O–H groups in total. The third-order valence-corrected chi connectivity index (χ3v) is 7.07. The first-order chi connectivity index (χ1) is 18.0. The summed E-state index contributed by atoms with van der Waals surface area (Å²) in [5.41, 5.74) is 8.96. The van der Waals surface area contributed by atoms with E-state index in [1.807, 2.05) is 11.8 Å². The Labute approximate surface area is 228 Å². The zero-order valence-electron chi connectivity index (χ0n) is 23.1. The van der Waals surface area contributed by atoms with Crippen LogP contribution in [0.15, 0.2) is 68.2 Å². The number of hydrogen-bond donors (Lipinski definition) is 2. The molecule has 2 aromatic rings. The van der Waals surface area contributed by atoms with Crippen molar-refractivity contribution in [1.82, 2.24) is 5.32 Å². The molecule has 6 heteroatoms. The maximum atomic E-state index is 4.37. The van der Waals surface area contributed by atoms with E-state index in [0.717, 1.165) is 84.2 Å². The van der Waals surface area contributed by atoms with E-state index in [1.165, 1.54) is 16.7 Å². The molecule has 0 aliphatic rings. The summed E-state index contributed by atoms with van der Waals surface area (Å²) in [6, 6.07) is 8.94. The Morgan fingerprint density at radius 3 is 2.46 bits per heavy atom. The van der Waals surface area contributed by atoms with Gasteiger partial charge in [0.1, 0.15) is 0 Å². The first-order valence-corrected chi connectivity index (χ1v) is 14.1. The van der Waals surface area contributed by atoms with Crippen LogP contribution in [0.25, 0.3) is 0 Å². The van der Waals surface area contributed by atoms with Crippen LogP contribution in [0.2, 0.25) is 0 Å². The van der Waals surface area contributed by atoms with E-state index >= 15 is 0 Å². The highest BCUT2D eigenvalue weighted by Crippen LogP contribution is 2.39. The molecule has 37 heavy (non-hydrogen) atoms. The Kier molecular flexibility index (Phi) is 13.5. The molecule has 0 aliphatic carbocycles. The van der Waals surface area contributed by atoms with Crippen molar-refractivity contribution in [2.45, 2.75) is 70.4 Å². The average molecular weight is 518 g/mol. The van der Waals surface area contributed by atoms with Crippen LogP contribution in [-0.2, 0) is 18.6 Å². The quantitative estimate of drug-likeness (QED) is 0.0959. The van der Waals surface area contributed by atoms with Gasteiger partial charge in [-0.3, -0.25) is 15.0 Å². The smallest absolute Gasteiger partial charge is 0.0859 e. The summed E-state index contributed by atoms with van der Waals surface area (Å²) in [6.07, 6.45) is 10.9. The minimum atomic E-state index is 0.821. The fourth-order valence-corrected chi connectivity index (χ4v) is 5.23. The first kappa shape index (κ1) is 30.1. The number of benzene rings is 2. The molecule has 0 saturated carbocycles. The van der Waals surface area contributed by atoms with Gasteiger partial charge in [-0.15, -0.1) is 11.8 Å². The van der Waals surface area contributed by atoms with Crippen molar-refractivity contribution < 1.29 is 0 Å². The predicted molar refractivity (Wildman–Crippen MR) is 167 cm³/mol. The molecule has 0 unspecified atom stereocenters. The maximum Gasteiger partial charge on any atom is 0.0859 e. The van der Waals surface area contributed by atoms with Crippen LogP contribution < -0.4 is 10.6 Å². The third kappa shape index (κ3) is 9.36. The Hall–Kier alpha value is -3.12. The van der Waals surface area contributed by atoms with E-state index in [9.17, 15) is 0 Å². The topological polar surface area (TPSA) is 61.1 Å². The standard InChI is InChI=1S/C31H43N5S/c1-8-11-14-27(21-32-5)35-16-12-13-25-17-23(4)30(34-7)29(20-25)37-22-26-18-24(10-3)19-28(33-6)31(26)36-15-9-2/h11,14,17-21,35-36H,5-10,12-13,15-16,22H2,1-4H3/b14-11-,27-21+. The lowest BCUT2D eigenvalue weighted by molar-refractivity contribution is 0.732. The van der Waals surface area contributed by atoms with Crippen LogP contribution in [0, 0.1) is 6.92 Å². The highest BCUT2D eigenvalue weighted by atomic mass is 32.2. The monoisotopic (exact) mass is 517 g/mol. The van der Waals surface area contributed by atoms with Crippen molar-refractivity contribution in [3.8, 4) is 0 Å². The Bertz CT molecular complexity index is 1120. The number of nitrogens with zero attached hydrogens (tertiary/aromatic N) is 3. The normalized spacial score (nSPS) is 11.5. The summed E-state index contributed by atoms with van der Waals surface area (Å²) in [7, 11) is 0. The molecule has 0 saturated heterocycles. The molecule has 0 spiro atoms. The van der Waals surface area contributed by atoms with Gasteiger partial charge >= 0.3 is 0 Å². The zero-order chi connectivity index (χ0) is 27.0. The SMILES string of the molecule is C=N/C=C(\C=C/CC)NCCCc1cc(C)c(N=C)c(SCc2cc(CC)cc(N=C)c2NCCC)c1. The van der Waals surface area contributed by atoms with Gasteiger partial charge in [0, 0.05) is 29.9 Å². The van der Waals surface area contributed by atoms with Crippen LogP contribution in [-0.4, -0.2) is 33.2 Å². The van der Waals surface area contributed by atoms with Crippen molar-refractivity contribution in [3.63, 3.8) is 0 Å². The second-order valence-electron chi connectivity index (χ2n) is 8.90. The summed E-state index contributed by atoms with van der Waals surface area (Å²) in [5.74, 6) is 0.821. The number of nitrogens with one attached hydrogen (secondary N) is 2. The van der Waals surface area contributed by atoms with E-state index in [1.54, 1.807) is 6.20 Å². The molecule has 0 aliphatic heterocycles. The van der Waals surface area contributed by atoms with Crippen LogP contribution in [0.1, 0.15) is 62.3 Å². The van der Waals surface area contributed by atoms with Gasteiger partial charge in [-0.2, -0.15) is 0 Å². The fraction of sp³-hybridized carbons (Fsp3) is 0.387.